The van der Waals surface area contributed by atoms with Gasteiger partial charge in [0.2, 0.25) is 0 Å². The number of benzene rings is 3. The molecule has 0 bridgehead atoms. The molecule has 0 amide bonds. The number of nitrogens with zero attached hydrogens (tertiary/aromatic N) is 4. The predicted octanol–water partition coefficient (Wildman–Crippen LogP) is 5.36. The van der Waals surface area contributed by atoms with Crippen molar-refractivity contribution in [2.75, 3.05) is 6.54 Å². The molecule has 2 atom stereocenters. The number of para-hydroxylation sites is 1. The molecule has 1 N–H and O–H groups in total. The molecule has 0 radical (unpaired) electrons. The number of ether oxygens (including phenoxy) is 1. The fraction of sp³-hybridized carbons (Fsp3) is 0.367. The molecule has 2 heterocycles. The van der Waals surface area contributed by atoms with Crippen LogP contribution in [0.3, 0.4) is 0 Å². The summed E-state index contributed by atoms with van der Waals surface area (Å²) in [5.74, 6) is -0.128. The Labute approximate surface area is 217 Å². The number of aromatic nitrogens is 3. The third kappa shape index (κ3) is 5.09. The number of aliphatic carboxylic acids is 1. The first kappa shape index (κ1) is 25.0. The lowest BCUT2D eigenvalue weighted by Gasteiger charge is -2.25. The fourth-order valence-corrected chi connectivity index (χ4v) is 5.42. The molecule has 1 aliphatic heterocycles. The number of fused-ring (bicyclic) bond motifs is 2. The van der Waals surface area contributed by atoms with Crippen LogP contribution in [0.25, 0.3) is 11.0 Å². The van der Waals surface area contributed by atoms with E-state index in [1.165, 1.54) is 16.7 Å². The minimum absolute atomic E-state index is 0.0119. The average molecular weight is 499 g/mol. The molecular formula is C30H34N4O3. The van der Waals surface area contributed by atoms with Crippen molar-refractivity contribution < 1.29 is 14.6 Å². The molecule has 192 valence electrons. The monoisotopic (exact) mass is 498 g/mol. The van der Waals surface area contributed by atoms with Crippen molar-refractivity contribution in [2.24, 2.45) is 7.05 Å². The normalized spacial score (nSPS) is 16.7. The average Bonchev–Trinajstić information content (AvgIpc) is 3.16. The van der Waals surface area contributed by atoms with Crippen LogP contribution in [0.1, 0.15) is 59.1 Å². The van der Waals surface area contributed by atoms with Crippen molar-refractivity contribution in [3.63, 3.8) is 0 Å². The fourth-order valence-electron chi connectivity index (χ4n) is 5.42. The highest BCUT2D eigenvalue weighted by atomic mass is 16.5. The number of hydrogen-bond donors (Lipinski definition) is 1. The Bertz CT molecular complexity index is 1440. The predicted molar refractivity (Wildman–Crippen MR) is 144 cm³/mol. The first-order chi connectivity index (χ1) is 17.8. The van der Waals surface area contributed by atoms with E-state index in [4.69, 9.17) is 4.74 Å². The summed E-state index contributed by atoms with van der Waals surface area (Å²) < 4.78 is 8.04. The van der Waals surface area contributed by atoms with E-state index in [0.717, 1.165) is 59.5 Å². The molecular weight excluding hydrogens is 464 g/mol. The van der Waals surface area contributed by atoms with Crippen molar-refractivity contribution in [2.45, 2.75) is 58.7 Å². The van der Waals surface area contributed by atoms with Crippen LogP contribution in [0, 0.1) is 13.8 Å². The molecule has 37 heavy (non-hydrogen) atoms. The zero-order valence-corrected chi connectivity index (χ0v) is 21.9. The van der Waals surface area contributed by atoms with Gasteiger partial charge in [0, 0.05) is 38.2 Å². The molecule has 3 aromatic carbocycles. The van der Waals surface area contributed by atoms with Crippen LogP contribution in [0.4, 0.5) is 0 Å². The summed E-state index contributed by atoms with van der Waals surface area (Å²) in [6.45, 7) is 8.73. The van der Waals surface area contributed by atoms with Gasteiger partial charge in [-0.2, -0.15) is 0 Å². The number of carbonyl (C=O) groups is 1. The zero-order chi connectivity index (χ0) is 26.1. The summed E-state index contributed by atoms with van der Waals surface area (Å²) in [5.41, 5.74) is 8.33. The lowest BCUT2D eigenvalue weighted by Crippen LogP contribution is -2.32. The van der Waals surface area contributed by atoms with Crippen molar-refractivity contribution in [1.82, 2.24) is 19.9 Å². The second kappa shape index (κ2) is 10.3. The molecule has 0 saturated carbocycles. The summed E-state index contributed by atoms with van der Waals surface area (Å²) in [6.07, 6.45) is 1.08. The Morgan fingerprint density at radius 2 is 1.97 bits per heavy atom. The van der Waals surface area contributed by atoms with Crippen molar-refractivity contribution in [3.8, 4) is 5.75 Å². The first-order valence-electron chi connectivity index (χ1n) is 12.9. The summed E-state index contributed by atoms with van der Waals surface area (Å²) in [4.78, 5) is 14.4. The van der Waals surface area contributed by atoms with Crippen molar-refractivity contribution in [1.29, 1.82) is 0 Å². The highest BCUT2D eigenvalue weighted by Crippen LogP contribution is 2.35. The molecule has 1 aliphatic rings. The van der Waals surface area contributed by atoms with Crippen LogP contribution in [-0.2, 0) is 24.9 Å². The first-order valence-corrected chi connectivity index (χ1v) is 12.9. The Hall–Kier alpha value is -3.71. The van der Waals surface area contributed by atoms with Gasteiger partial charge >= 0.3 is 5.97 Å². The maximum absolute atomic E-state index is 12.0. The van der Waals surface area contributed by atoms with Crippen LogP contribution in [0.5, 0.6) is 5.75 Å². The Morgan fingerprint density at radius 1 is 1.16 bits per heavy atom. The van der Waals surface area contributed by atoms with Gasteiger partial charge in [0.25, 0.3) is 0 Å². The smallest absolute Gasteiger partial charge is 0.304 e. The van der Waals surface area contributed by atoms with Gasteiger partial charge in [0.15, 0.2) is 0 Å². The van der Waals surface area contributed by atoms with E-state index < -0.39 is 5.97 Å². The van der Waals surface area contributed by atoms with Gasteiger partial charge in [-0.05, 0) is 60.2 Å². The van der Waals surface area contributed by atoms with E-state index in [1.807, 2.05) is 32.2 Å². The zero-order valence-electron chi connectivity index (χ0n) is 21.9. The quantitative estimate of drug-likeness (QED) is 0.369. The van der Waals surface area contributed by atoms with E-state index in [1.54, 1.807) is 4.68 Å². The second-order valence-corrected chi connectivity index (χ2v) is 10.1. The van der Waals surface area contributed by atoms with Gasteiger partial charge in [-0.25, -0.2) is 4.68 Å². The molecule has 7 heteroatoms. The summed E-state index contributed by atoms with van der Waals surface area (Å²) in [7, 11) is 1.87. The largest absolute Gasteiger partial charge is 0.489 e. The number of carboxylic acids is 1. The van der Waals surface area contributed by atoms with E-state index >= 15 is 0 Å². The topological polar surface area (TPSA) is 80.5 Å². The van der Waals surface area contributed by atoms with Crippen LogP contribution in [0.2, 0.25) is 0 Å². The number of hydrogen-bond acceptors (Lipinski definition) is 5. The molecule has 0 unspecified atom stereocenters. The van der Waals surface area contributed by atoms with E-state index in [0.29, 0.717) is 0 Å². The lowest BCUT2D eigenvalue weighted by atomic mass is 9.84. The molecule has 7 nitrogen and oxygen atoms in total. The molecule has 0 saturated heterocycles. The van der Waals surface area contributed by atoms with Gasteiger partial charge < -0.3 is 9.84 Å². The standard InChI is InChI=1S/C30H34N4O3/c1-5-24-18-34(16-22-8-6-7-9-28(22)37-24)17-23-14-21(11-10-19(23)2)26(15-29(35)36)25-12-13-27-30(20(25)3)31-32-33(27)4/h6-14,24,26H,5,15-18H2,1-4H3,(H,35,36)/t24-,26+/m1/s1. The summed E-state index contributed by atoms with van der Waals surface area (Å²) >= 11 is 0. The molecule has 0 aliphatic carbocycles. The minimum Gasteiger partial charge on any atom is -0.489 e. The second-order valence-electron chi connectivity index (χ2n) is 10.1. The molecule has 0 spiro atoms. The van der Waals surface area contributed by atoms with Crippen molar-refractivity contribution in [3.05, 3.63) is 88.0 Å². The maximum atomic E-state index is 12.0. The maximum Gasteiger partial charge on any atom is 0.304 e. The number of aryl methyl sites for hydroxylation is 3. The van der Waals surface area contributed by atoms with Crippen LogP contribution < -0.4 is 4.74 Å². The highest BCUT2D eigenvalue weighted by molar-refractivity contribution is 5.80. The van der Waals surface area contributed by atoms with Crippen LogP contribution in [0.15, 0.2) is 54.6 Å². The van der Waals surface area contributed by atoms with Gasteiger partial charge in [0.1, 0.15) is 17.4 Å². The molecule has 1 aromatic heterocycles. The third-order valence-electron chi connectivity index (χ3n) is 7.58. The Balaban J connectivity index is 1.50. The van der Waals surface area contributed by atoms with Gasteiger partial charge in [-0.15, -0.1) is 5.10 Å². The molecule has 4 aromatic rings. The Kier molecular flexibility index (Phi) is 6.98. The van der Waals surface area contributed by atoms with Crippen LogP contribution in [-0.4, -0.2) is 43.6 Å². The van der Waals surface area contributed by atoms with E-state index in [-0.39, 0.29) is 18.4 Å². The van der Waals surface area contributed by atoms with E-state index in [9.17, 15) is 9.90 Å². The minimum atomic E-state index is -0.821. The lowest BCUT2D eigenvalue weighted by molar-refractivity contribution is -0.137. The van der Waals surface area contributed by atoms with Gasteiger partial charge in [-0.3, -0.25) is 9.69 Å². The number of rotatable bonds is 7. The van der Waals surface area contributed by atoms with E-state index in [2.05, 4.69) is 65.5 Å². The highest BCUT2D eigenvalue weighted by Gasteiger charge is 2.25. The Morgan fingerprint density at radius 3 is 2.76 bits per heavy atom. The van der Waals surface area contributed by atoms with Gasteiger partial charge in [-0.1, -0.05) is 54.6 Å². The summed E-state index contributed by atoms with van der Waals surface area (Å²) in [6, 6.07) is 18.7. The van der Waals surface area contributed by atoms with Crippen molar-refractivity contribution >= 4 is 17.0 Å². The van der Waals surface area contributed by atoms with Gasteiger partial charge in [0.05, 0.1) is 11.9 Å². The summed E-state index contributed by atoms with van der Waals surface area (Å²) in [5, 5.41) is 18.3. The molecule has 5 rings (SSSR count). The molecule has 0 fully saturated rings. The SMILES string of the molecule is CC[C@@H]1CN(Cc2cc([C@H](CC(=O)O)c3ccc4c(nnn4C)c3C)ccc2C)Cc2ccccc2O1. The number of carboxylic acid groups (broad SMARTS) is 1. The van der Waals surface area contributed by atoms with Crippen LogP contribution >= 0.6 is 0 Å². The third-order valence-corrected chi connectivity index (χ3v) is 7.58.